The number of methoxy groups -OCH3 is 1. The number of ether oxygens (including phenoxy) is 1. The number of nitrogens with zero attached hydrogens (tertiary/aromatic N) is 1. The van der Waals surface area contributed by atoms with Gasteiger partial charge in [-0.25, -0.2) is 4.98 Å². The van der Waals surface area contributed by atoms with Crippen LogP contribution in [0.5, 0.6) is 5.75 Å². The molecule has 1 N–H and O–H groups in total. The van der Waals surface area contributed by atoms with Crippen molar-refractivity contribution in [2.24, 2.45) is 0 Å². The van der Waals surface area contributed by atoms with E-state index in [1.807, 2.05) is 0 Å². The molecule has 1 amide bonds. The lowest BCUT2D eigenvalue weighted by atomic mass is 10.3. The maximum Gasteiger partial charge on any atom is 0.277 e. The molecule has 5 nitrogen and oxygen atoms in total. The average molecular weight is 218 g/mol. The first kappa shape index (κ1) is 10.2. The summed E-state index contributed by atoms with van der Waals surface area (Å²) in [5, 5.41) is 2.68. The van der Waals surface area contributed by atoms with Gasteiger partial charge in [0.05, 0.1) is 7.11 Å². The summed E-state index contributed by atoms with van der Waals surface area (Å²) in [6.07, 6.45) is 2.50. The Morgan fingerprint density at radius 2 is 2.38 bits per heavy atom. The third-order valence-electron chi connectivity index (χ3n) is 1.99. The predicted octanol–water partition coefficient (Wildman–Crippen LogP) is 1.94. The number of amides is 1. The van der Waals surface area contributed by atoms with Crippen molar-refractivity contribution < 1.29 is 13.9 Å². The Morgan fingerprint density at radius 1 is 1.50 bits per heavy atom. The normalized spacial score (nSPS) is 9.81. The zero-order chi connectivity index (χ0) is 11.4. The van der Waals surface area contributed by atoms with Gasteiger partial charge in [0.25, 0.3) is 5.91 Å². The highest BCUT2D eigenvalue weighted by molar-refractivity contribution is 6.02. The maximum atomic E-state index is 11.6. The quantitative estimate of drug-likeness (QED) is 0.854. The van der Waals surface area contributed by atoms with Gasteiger partial charge in [0.15, 0.2) is 12.1 Å². The van der Waals surface area contributed by atoms with Gasteiger partial charge in [-0.2, -0.15) is 0 Å². The fourth-order valence-electron chi connectivity index (χ4n) is 1.22. The molecule has 0 aliphatic rings. The average Bonchev–Trinajstić information content (AvgIpc) is 2.83. The fourth-order valence-corrected chi connectivity index (χ4v) is 1.22. The van der Waals surface area contributed by atoms with Gasteiger partial charge < -0.3 is 14.5 Å². The number of carbonyl (C=O) groups is 1. The zero-order valence-electron chi connectivity index (χ0n) is 8.64. The number of anilines is 1. The molecule has 0 radical (unpaired) electrons. The van der Waals surface area contributed by atoms with Crippen LogP contribution in [-0.4, -0.2) is 18.0 Å². The summed E-state index contributed by atoms with van der Waals surface area (Å²) < 4.78 is 9.76. The van der Waals surface area contributed by atoms with Crippen LogP contribution in [0.25, 0.3) is 0 Å². The number of nitrogens with one attached hydrogen (secondary N) is 1. The van der Waals surface area contributed by atoms with E-state index in [0.29, 0.717) is 11.4 Å². The van der Waals surface area contributed by atoms with Gasteiger partial charge in [-0.1, -0.05) is 6.07 Å². The Hall–Kier alpha value is -2.30. The fraction of sp³-hybridized carbons (Fsp3) is 0.0909. The van der Waals surface area contributed by atoms with Crippen molar-refractivity contribution in [3.8, 4) is 5.75 Å². The largest absolute Gasteiger partial charge is 0.497 e. The first-order valence-electron chi connectivity index (χ1n) is 4.63. The third-order valence-corrected chi connectivity index (χ3v) is 1.99. The van der Waals surface area contributed by atoms with E-state index in [9.17, 15) is 4.79 Å². The molecule has 0 fully saturated rings. The Kier molecular flexibility index (Phi) is 2.86. The van der Waals surface area contributed by atoms with Crippen LogP contribution in [0, 0.1) is 0 Å². The number of carbonyl (C=O) groups excluding carboxylic acids is 1. The summed E-state index contributed by atoms with van der Waals surface area (Å²) >= 11 is 0. The zero-order valence-corrected chi connectivity index (χ0v) is 8.64. The van der Waals surface area contributed by atoms with Crippen molar-refractivity contribution in [3.05, 3.63) is 42.6 Å². The van der Waals surface area contributed by atoms with Gasteiger partial charge in [-0.15, -0.1) is 0 Å². The first-order valence-corrected chi connectivity index (χ1v) is 4.63. The molecule has 0 saturated heterocycles. The molecule has 0 bridgehead atoms. The van der Waals surface area contributed by atoms with Crippen molar-refractivity contribution in [3.63, 3.8) is 0 Å². The lowest BCUT2D eigenvalue weighted by molar-refractivity contribution is 0.102. The van der Waals surface area contributed by atoms with E-state index in [1.165, 1.54) is 12.7 Å². The van der Waals surface area contributed by atoms with Crippen molar-refractivity contribution in [2.45, 2.75) is 0 Å². The highest BCUT2D eigenvalue weighted by atomic mass is 16.5. The Bertz CT molecular complexity index is 480. The van der Waals surface area contributed by atoms with E-state index in [4.69, 9.17) is 9.15 Å². The molecule has 0 atom stereocenters. The molecule has 1 aromatic heterocycles. The second-order valence-corrected chi connectivity index (χ2v) is 3.06. The van der Waals surface area contributed by atoms with E-state index < -0.39 is 0 Å². The van der Waals surface area contributed by atoms with Crippen LogP contribution in [0.2, 0.25) is 0 Å². The van der Waals surface area contributed by atoms with Crippen LogP contribution in [0.4, 0.5) is 5.69 Å². The van der Waals surface area contributed by atoms with Crippen molar-refractivity contribution in [1.29, 1.82) is 0 Å². The lowest BCUT2D eigenvalue weighted by Crippen LogP contribution is -2.12. The monoisotopic (exact) mass is 218 g/mol. The molecular weight excluding hydrogens is 208 g/mol. The smallest absolute Gasteiger partial charge is 0.277 e. The second-order valence-electron chi connectivity index (χ2n) is 3.06. The molecule has 2 rings (SSSR count). The number of benzene rings is 1. The number of aromatic nitrogens is 1. The minimum atomic E-state index is -0.318. The molecule has 0 spiro atoms. The van der Waals surface area contributed by atoms with Crippen LogP contribution in [0.15, 0.2) is 41.3 Å². The van der Waals surface area contributed by atoms with Gasteiger partial charge in [0.1, 0.15) is 12.0 Å². The summed E-state index contributed by atoms with van der Waals surface area (Å²) in [5.74, 6) is 0.361. The summed E-state index contributed by atoms with van der Waals surface area (Å²) in [6, 6.07) is 7.07. The van der Waals surface area contributed by atoms with Crippen LogP contribution < -0.4 is 10.1 Å². The minimum Gasteiger partial charge on any atom is -0.497 e. The summed E-state index contributed by atoms with van der Waals surface area (Å²) in [6.45, 7) is 0. The van der Waals surface area contributed by atoms with Gasteiger partial charge >= 0.3 is 0 Å². The van der Waals surface area contributed by atoms with Crippen LogP contribution in [0.3, 0.4) is 0 Å². The highest BCUT2D eigenvalue weighted by Crippen LogP contribution is 2.17. The SMILES string of the molecule is COc1cccc(NC(=O)c2cocn2)c1. The Morgan fingerprint density at radius 3 is 3.06 bits per heavy atom. The number of hydrogen-bond acceptors (Lipinski definition) is 4. The molecule has 0 aliphatic heterocycles. The van der Waals surface area contributed by atoms with Crippen LogP contribution in [-0.2, 0) is 0 Å². The van der Waals surface area contributed by atoms with Crippen molar-refractivity contribution in [1.82, 2.24) is 4.98 Å². The summed E-state index contributed by atoms with van der Waals surface area (Å²) in [5.41, 5.74) is 0.884. The van der Waals surface area contributed by atoms with Crippen LogP contribution >= 0.6 is 0 Å². The Labute approximate surface area is 92.1 Å². The number of oxazole rings is 1. The molecular formula is C11H10N2O3. The third kappa shape index (κ3) is 2.20. The Balaban J connectivity index is 2.12. The van der Waals surface area contributed by atoms with Crippen LogP contribution in [0.1, 0.15) is 10.5 Å². The number of hydrogen-bond donors (Lipinski definition) is 1. The second kappa shape index (κ2) is 4.48. The van der Waals surface area contributed by atoms with Gasteiger partial charge in [-0.3, -0.25) is 4.79 Å². The van der Waals surface area contributed by atoms with E-state index in [2.05, 4.69) is 10.3 Å². The topological polar surface area (TPSA) is 64.4 Å². The molecule has 0 unspecified atom stereocenters. The van der Waals surface area contributed by atoms with E-state index in [1.54, 1.807) is 31.4 Å². The van der Waals surface area contributed by atoms with Crippen molar-refractivity contribution >= 4 is 11.6 Å². The highest BCUT2D eigenvalue weighted by Gasteiger charge is 2.08. The molecule has 82 valence electrons. The minimum absolute atomic E-state index is 0.239. The first-order chi connectivity index (χ1) is 7.79. The number of rotatable bonds is 3. The molecule has 1 heterocycles. The predicted molar refractivity (Wildman–Crippen MR) is 57.5 cm³/mol. The molecule has 16 heavy (non-hydrogen) atoms. The van der Waals surface area contributed by atoms with E-state index >= 15 is 0 Å². The summed E-state index contributed by atoms with van der Waals surface area (Å²) in [4.78, 5) is 15.3. The van der Waals surface area contributed by atoms with E-state index in [0.717, 1.165) is 0 Å². The molecule has 5 heteroatoms. The standard InChI is InChI=1S/C11H10N2O3/c1-15-9-4-2-3-8(5-9)13-11(14)10-6-16-7-12-10/h2-7H,1H3,(H,13,14). The summed E-state index contributed by atoms with van der Waals surface area (Å²) in [7, 11) is 1.57. The van der Waals surface area contributed by atoms with Crippen molar-refractivity contribution in [2.75, 3.05) is 12.4 Å². The lowest BCUT2D eigenvalue weighted by Gasteiger charge is -2.04. The molecule has 0 aliphatic carbocycles. The van der Waals surface area contributed by atoms with E-state index in [-0.39, 0.29) is 11.6 Å². The van der Waals surface area contributed by atoms with Gasteiger partial charge in [0.2, 0.25) is 0 Å². The molecule has 2 aromatic rings. The van der Waals surface area contributed by atoms with Gasteiger partial charge in [-0.05, 0) is 12.1 Å². The molecule has 0 saturated carbocycles. The molecule has 1 aromatic carbocycles. The van der Waals surface area contributed by atoms with Gasteiger partial charge in [0, 0.05) is 11.8 Å². The maximum absolute atomic E-state index is 11.6.